The predicted molar refractivity (Wildman–Crippen MR) is 123 cm³/mol. The van der Waals surface area contributed by atoms with Crippen molar-refractivity contribution in [3.63, 3.8) is 0 Å². The summed E-state index contributed by atoms with van der Waals surface area (Å²) in [4.78, 5) is 5.59. The number of thioether (sulfide) groups is 1. The first-order valence-electron chi connectivity index (χ1n) is 8.72. The largest absolute Gasteiger partial charge is 0.356 e. The Morgan fingerprint density at radius 3 is 2.58 bits per heavy atom. The molecule has 26 heavy (non-hydrogen) atoms. The molecule has 1 heterocycles. The van der Waals surface area contributed by atoms with Gasteiger partial charge in [-0.15, -0.1) is 35.7 Å². The molecule has 2 N–H and O–H groups in total. The lowest BCUT2D eigenvalue weighted by atomic mass is 10.2. The third-order valence-corrected chi connectivity index (χ3v) is 4.85. The molecule has 7 heteroatoms. The number of aliphatic imine (C=N–C) groups is 1. The molecule has 0 fully saturated rings. The Bertz CT molecular complexity index is 672. The summed E-state index contributed by atoms with van der Waals surface area (Å²) in [6.45, 7) is 9.01. The van der Waals surface area contributed by atoms with E-state index in [2.05, 4.69) is 69.6 Å². The van der Waals surface area contributed by atoms with Gasteiger partial charge in [0.25, 0.3) is 0 Å². The summed E-state index contributed by atoms with van der Waals surface area (Å²) < 4.78 is 2.08. The van der Waals surface area contributed by atoms with Gasteiger partial charge in [-0.05, 0) is 38.0 Å². The zero-order valence-corrected chi connectivity index (χ0v) is 19.2. The van der Waals surface area contributed by atoms with E-state index >= 15 is 0 Å². The van der Waals surface area contributed by atoms with Gasteiger partial charge >= 0.3 is 0 Å². The fraction of sp³-hybridized carbons (Fsp3) is 0.474. The van der Waals surface area contributed by atoms with Crippen LogP contribution in [0.15, 0.2) is 46.3 Å². The van der Waals surface area contributed by atoms with Crippen molar-refractivity contribution in [2.24, 2.45) is 10.9 Å². The molecule has 144 valence electrons. The highest BCUT2D eigenvalue weighted by Crippen LogP contribution is 2.15. The van der Waals surface area contributed by atoms with Gasteiger partial charge in [-0.3, -0.25) is 9.67 Å². The molecule has 0 saturated carbocycles. The van der Waals surface area contributed by atoms with Gasteiger partial charge in [0.15, 0.2) is 5.96 Å². The van der Waals surface area contributed by atoms with Gasteiger partial charge < -0.3 is 10.6 Å². The third kappa shape index (κ3) is 7.99. The van der Waals surface area contributed by atoms with Crippen molar-refractivity contribution >= 4 is 41.7 Å². The molecule has 5 nitrogen and oxygen atoms in total. The molecule has 2 rings (SSSR count). The topological polar surface area (TPSA) is 54.2 Å². The molecule has 0 aliphatic rings. The second-order valence-electron chi connectivity index (χ2n) is 6.26. The fourth-order valence-electron chi connectivity index (χ4n) is 2.57. The van der Waals surface area contributed by atoms with Crippen LogP contribution in [0.2, 0.25) is 0 Å². The van der Waals surface area contributed by atoms with Crippen molar-refractivity contribution in [3.8, 4) is 0 Å². The Labute approximate surface area is 178 Å². The van der Waals surface area contributed by atoms with Crippen LogP contribution in [-0.4, -0.2) is 41.6 Å². The quantitative estimate of drug-likeness (QED) is 0.196. The average molecular weight is 487 g/mol. The molecule has 0 saturated heterocycles. The summed E-state index contributed by atoms with van der Waals surface area (Å²) >= 11 is 1.85. The van der Waals surface area contributed by atoms with Gasteiger partial charge in [0.1, 0.15) is 0 Å². The van der Waals surface area contributed by atoms with E-state index in [9.17, 15) is 0 Å². The number of aromatic nitrogens is 2. The van der Waals surface area contributed by atoms with E-state index in [1.54, 1.807) is 0 Å². The lowest BCUT2D eigenvalue weighted by molar-refractivity contribution is 0.436. The smallest absolute Gasteiger partial charge is 0.191 e. The number of guanidine groups is 1. The Balaban J connectivity index is 0.00000338. The molecule has 0 amide bonds. The molecular weight excluding hydrogens is 457 g/mol. The van der Waals surface area contributed by atoms with Crippen LogP contribution in [-0.2, 0) is 6.54 Å². The SMILES string of the molecule is CN=C(NCCSc1ccccc1)NCC(C)Cn1nc(C)cc1C.I. The molecule has 0 spiro atoms. The maximum atomic E-state index is 4.53. The summed E-state index contributed by atoms with van der Waals surface area (Å²) in [5.74, 6) is 2.33. The van der Waals surface area contributed by atoms with Crippen molar-refractivity contribution in [1.82, 2.24) is 20.4 Å². The van der Waals surface area contributed by atoms with Crippen molar-refractivity contribution in [2.45, 2.75) is 32.2 Å². The normalized spacial score (nSPS) is 12.4. The van der Waals surface area contributed by atoms with Gasteiger partial charge in [-0.25, -0.2) is 0 Å². The molecule has 2 aromatic rings. The summed E-state index contributed by atoms with van der Waals surface area (Å²) in [6.07, 6.45) is 0. The Morgan fingerprint density at radius 2 is 1.96 bits per heavy atom. The monoisotopic (exact) mass is 487 g/mol. The van der Waals surface area contributed by atoms with E-state index in [0.717, 1.165) is 37.0 Å². The fourth-order valence-corrected chi connectivity index (χ4v) is 3.36. The van der Waals surface area contributed by atoms with E-state index < -0.39 is 0 Å². The summed E-state index contributed by atoms with van der Waals surface area (Å²) in [5, 5.41) is 11.3. The minimum atomic E-state index is 0. The molecule has 1 aromatic carbocycles. The molecule has 0 radical (unpaired) electrons. The van der Waals surface area contributed by atoms with Crippen molar-refractivity contribution in [1.29, 1.82) is 0 Å². The number of hydrogen-bond acceptors (Lipinski definition) is 3. The number of nitrogens with one attached hydrogen (secondary N) is 2. The number of halogens is 1. The van der Waals surface area contributed by atoms with E-state index in [1.165, 1.54) is 10.6 Å². The molecule has 0 aliphatic heterocycles. The number of rotatable bonds is 8. The predicted octanol–water partition coefficient (Wildman–Crippen LogP) is 3.71. The molecular formula is C19H30IN5S. The second kappa shape index (κ2) is 12.2. The number of hydrogen-bond donors (Lipinski definition) is 2. The number of nitrogens with zero attached hydrogens (tertiary/aromatic N) is 3. The maximum absolute atomic E-state index is 4.53. The van der Waals surface area contributed by atoms with Crippen LogP contribution in [0, 0.1) is 19.8 Å². The zero-order chi connectivity index (χ0) is 18.1. The van der Waals surface area contributed by atoms with Crippen LogP contribution in [0.5, 0.6) is 0 Å². The zero-order valence-electron chi connectivity index (χ0n) is 16.0. The first kappa shape index (κ1) is 22.8. The minimum Gasteiger partial charge on any atom is -0.356 e. The van der Waals surface area contributed by atoms with Gasteiger partial charge in [0.05, 0.1) is 5.69 Å². The van der Waals surface area contributed by atoms with Crippen LogP contribution in [0.3, 0.4) is 0 Å². The number of aryl methyl sites for hydroxylation is 2. The van der Waals surface area contributed by atoms with Crippen molar-refractivity contribution < 1.29 is 0 Å². The second-order valence-corrected chi connectivity index (χ2v) is 7.42. The van der Waals surface area contributed by atoms with Crippen LogP contribution < -0.4 is 10.6 Å². The Kier molecular flexibility index (Phi) is 10.7. The van der Waals surface area contributed by atoms with Crippen LogP contribution in [0.1, 0.15) is 18.3 Å². The van der Waals surface area contributed by atoms with E-state index in [-0.39, 0.29) is 24.0 Å². The number of benzene rings is 1. The standard InChI is InChI=1S/C19H29N5S.HI/c1-15(14-24-17(3)12-16(2)23-24)13-22-19(20-4)21-10-11-25-18-8-6-5-7-9-18;/h5-9,12,15H,10-11,13-14H2,1-4H3,(H2,20,21,22);1H. The van der Waals surface area contributed by atoms with Crippen LogP contribution >= 0.6 is 35.7 Å². The highest BCUT2D eigenvalue weighted by Gasteiger charge is 2.08. The summed E-state index contributed by atoms with van der Waals surface area (Å²) in [7, 11) is 1.81. The molecule has 0 bridgehead atoms. The van der Waals surface area contributed by atoms with E-state index in [4.69, 9.17) is 0 Å². The lowest BCUT2D eigenvalue weighted by Crippen LogP contribution is -2.40. The van der Waals surface area contributed by atoms with Gasteiger partial charge in [-0.2, -0.15) is 5.10 Å². The van der Waals surface area contributed by atoms with Gasteiger partial charge in [-0.1, -0.05) is 25.1 Å². The van der Waals surface area contributed by atoms with Crippen LogP contribution in [0.25, 0.3) is 0 Å². The highest BCUT2D eigenvalue weighted by atomic mass is 127. The van der Waals surface area contributed by atoms with Crippen LogP contribution in [0.4, 0.5) is 0 Å². The summed E-state index contributed by atoms with van der Waals surface area (Å²) in [6, 6.07) is 12.6. The van der Waals surface area contributed by atoms with E-state index in [0.29, 0.717) is 5.92 Å². The van der Waals surface area contributed by atoms with Gasteiger partial charge in [0.2, 0.25) is 0 Å². The molecule has 0 aliphatic carbocycles. The van der Waals surface area contributed by atoms with Crippen molar-refractivity contribution in [2.75, 3.05) is 25.9 Å². The molecule has 1 unspecified atom stereocenters. The summed E-state index contributed by atoms with van der Waals surface area (Å²) in [5.41, 5.74) is 2.29. The van der Waals surface area contributed by atoms with Gasteiger partial charge in [0, 0.05) is 43.0 Å². The molecule has 1 atom stereocenters. The third-order valence-electron chi connectivity index (χ3n) is 3.84. The Hall–Kier alpha value is -1.22. The minimum absolute atomic E-state index is 0. The maximum Gasteiger partial charge on any atom is 0.191 e. The lowest BCUT2D eigenvalue weighted by Gasteiger charge is -2.16. The first-order valence-corrected chi connectivity index (χ1v) is 9.70. The molecule has 1 aromatic heterocycles. The van der Waals surface area contributed by atoms with Crippen molar-refractivity contribution in [3.05, 3.63) is 47.8 Å². The van der Waals surface area contributed by atoms with E-state index in [1.807, 2.05) is 31.8 Å². The Morgan fingerprint density at radius 1 is 1.23 bits per heavy atom. The average Bonchev–Trinajstić information content (AvgIpc) is 2.92. The highest BCUT2D eigenvalue weighted by molar-refractivity contribution is 14.0. The first-order chi connectivity index (χ1) is 12.1.